The molecule has 4 nitrogen and oxygen atoms in total. The number of para-hydroxylation sites is 1. The monoisotopic (exact) mass is 195 g/mol. The number of aliphatic hydroxyl groups excluding tert-OH is 1. The topological polar surface area (TPSA) is 58.6 Å². The van der Waals surface area contributed by atoms with E-state index in [1.165, 1.54) is 7.11 Å². The molecule has 0 atom stereocenters. The number of rotatable bonds is 4. The Morgan fingerprint density at radius 2 is 2.21 bits per heavy atom. The third-order valence-corrected chi connectivity index (χ3v) is 1.75. The number of ether oxygens (including phenoxy) is 1. The van der Waals surface area contributed by atoms with Gasteiger partial charge in [0.05, 0.1) is 19.3 Å². The molecule has 14 heavy (non-hydrogen) atoms. The van der Waals surface area contributed by atoms with Crippen LogP contribution in [0.25, 0.3) is 0 Å². The highest BCUT2D eigenvalue weighted by Gasteiger charge is 2.09. The van der Waals surface area contributed by atoms with E-state index < -0.39 is 0 Å². The summed E-state index contributed by atoms with van der Waals surface area (Å²) in [5.41, 5.74) is 0.475. The number of carbonyl (C=O) groups excluding carboxylic acids is 1. The molecule has 0 unspecified atom stereocenters. The molecule has 76 valence electrons. The molecule has 0 heterocycles. The Balaban J connectivity index is 2.78. The fourth-order valence-corrected chi connectivity index (χ4v) is 1.10. The second kappa shape index (κ2) is 5.24. The maximum absolute atomic E-state index is 11.5. The highest BCUT2D eigenvalue weighted by atomic mass is 16.5. The molecule has 0 fully saturated rings. The number of methoxy groups -OCH3 is 1. The van der Waals surface area contributed by atoms with Gasteiger partial charge in [0.2, 0.25) is 0 Å². The van der Waals surface area contributed by atoms with Gasteiger partial charge in [-0.15, -0.1) is 0 Å². The van der Waals surface area contributed by atoms with Crippen molar-refractivity contribution < 1.29 is 14.6 Å². The van der Waals surface area contributed by atoms with E-state index in [-0.39, 0.29) is 19.1 Å². The zero-order valence-electron chi connectivity index (χ0n) is 7.99. The lowest BCUT2D eigenvalue weighted by Crippen LogP contribution is -2.26. The van der Waals surface area contributed by atoms with Crippen LogP contribution in [0.5, 0.6) is 5.75 Å². The molecule has 4 heteroatoms. The molecule has 0 saturated carbocycles. The lowest BCUT2D eigenvalue weighted by atomic mass is 10.2. The van der Waals surface area contributed by atoms with Gasteiger partial charge in [-0.25, -0.2) is 0 Å². The maximum Gasteiger partial charge on any atom is 0.255 e. The van der Waals surface area contributed by atoms with Crippen LogP contribution < -0.4 is 10.1 Å². The van der Waals surface area contributed by atoms with Gasteiger partial charge in [0.25, 0.3) is 5.91 Å². The van der Waals surface area contributed by atoms with Gasteiger partial charge >= 0.3 is 0 Å². The van der Waals surface area contributed by atoms with Crippen LogP contribution in [0.4, 0.5) is 0 Å². The molecular weight excluding hydrogens is 182 g/mol. The van der Waals surface area contributed by atoms with Crippen molar-refractivity contribution in [2.45, 2.75) is 0 Å². The lowest BCUT2D eigenvalue weighted by Gasteiger charge is -2.07. The minimum Gasteiger partial charge on any atom is -0.496 e. The van der Waals surface area contributed by atoms with E-state index in [4.69, 9.17) is 9.84 Å². The second-order valence-electron chi connectivity index (χ2n) is 2.68. The quantitative estimate of drug-likeness (QED) is 0.732. The number of amides is 1. The molecular formula is C10H13NO3. The van der Waals surface area contributed by atoms with Gasteiger partial charge in [0.1, 0.15) is 5.75 Å². The molecule has 0 aliphatic heterocycles. The lowest BCUT2D eigenvalue weighted by molar-refractivity contribution is 0.0942. The van der Waals surface area contributed by atoms with Crippen molar-refractivity contribution in [3.63, 3.8) is 0 Å². The average Bonchev–Trinajstić information content (AvgIpc) is 2.25. The van der Waals surface area contributed by atoms with Crippen molar-refractivity contribution in [3.8, 4) is 5.75 Å². The Bertz CT molecular complexity index is 312. The average molecular weight is 195 g/mol. The second-order valence-corrected chi connectivity index (χ2v) is 2.68. The van der Waals surface area contributed by atoms with E-state index in [9.17, 15) is 4.79 Å². The zero-order valence-corrected chi connectivity index (χ0v) is 7.99. The Labute approximate surface area is 82.5 Å². The fourth-order valence-electron chi connectivity index (χ4n) is 1.10. The van der Waals surface area contributed by atoms with Gasteiger partial charge < -0.3 is 15.2 Å². The minimum atomic E-state index is -0.239. The molecule has 0 aromatic heterocycles. The summed E-state index contributed by atoms with van der Waals surface area (Å²) in [6.45, 7) is 0.178. The molecule has 2 N–H and O–H groups in total. The summed E-state index contributed by atoms with van der Waals surface area (Å²) < 4.78 is 5.02. The van der Waals surface area contributed by atoms with E-state index in [1.54, 1.807) is 24.3 Å². The molecule has 1 rings (SSSR count). The zero-order chi connectivity index (χ0) is 10.4. The minimum absolute atomic E-state index is 0.0686. The maximum atomic E-state index is 11.5. The SMILES string of the molecule is COc1ccccc1C(=O)NCCO. The summed E-state index contributed by atoms with van der Waals surface area (Å²) in [4.78, 5) is 11.5. The van der Waals surface area contributed by atoms with Crippen LogP contribution in [-0.2, 0) is 0 Å². The molecule has 0 aliphatic rings. The highest BCUT2D eigenvalue weighted by Crippen LogP contribution is 2.16. The number of aliphatic hydroxyl groups is 1. The number of benzene rings is 1. The number of hydrogen-bond donors (Lipinski definition) is 2. The van der Waals surface area contributed by atoms with Crippen LogP contribution >= 0.6 is 0 Å². The van der Waals surface area contributed by atoms with Crippen LogP contribution in [0.3, 0.4) is 0 Å². The smallest absolute Gasteiger partial charge is 0.255 e. The van der Waals surface area contributed by atoms with E-state index in [0.29, 0.717) is 11.3 Å². The standard InChI is InChI=1S/C10H13NO3/c1-14-9-5-3-2-4-8(9)10(13)11-6-7-12/h2-5,12H,6-7H2,1H3,(H,11,13). The van der Waals surface area contributed by atoms with Crippen LogP contribution in [0.2, 0.25) is 0 Å². The predicted octanol–water partition coefficient (Wildman–Crippen LogP) is 0.417. The number of hydrogen-bond acceptors (Lipinski definition) is 3. The first-order chi connectivity index (χ1) is 6.79. The Morgan fingerprint density at radius 1 is 1.50 bits per heavy atom. The van der Waals surface area contributed by atoms with Crippen molar-refractivity contribution >= 4 is 5.91 Å². The van der Waals surface area contributed by atoms with Gasteiger partial charge in [0.15, 0.2) is 0 Å². The molecule has 0 spiro atoms. The molecule has 0 saturated heterocycles. The normalized spacial score (nSPS) is 9.57. The van der Waals surface area contributed by atoms with E-state index >= 15 is 0 Å². The Kier molecular flexibility index (Phi) is 3.94. The van der Waals surface area contributed by atoms with E-state index in [0.717, 1.165) is 0 Å². The third kappa shape index (κ3) is 2.47. The van der Waals surface area contributed by atoms with Gasteiger partial charge in [0, 0.05) is 6.54 Å². The van der Waals surface area contributed by atoms with E-state index in [1.807, 2.05) is 0 Å². The van der Waals surface area contributed by atoms with Gasteiger partial charge in [-0.05, 0) is 12.1 Å². The molecule has 0 radical (unpaired) electrons. The first-order valence-corrected chi connectivity index (χ1v) is 4.31. The Hall–Kier alpha value is -1.55. The molecule has 1 aromatic carbocycles. The Morgan fingerprint density at radius 3 is 2.86 bits per heavy atom. The first kappa shape index (κ1) is 10.5. The van der Waals surface area contributed by atoms with Crippen LogP contribution in [0.15, 0.2) is 24.3 Å². The first-order valence-electron chi connectivity index (χ1n) is 4.31. The van der Waals surface area contributed by atoms with Gasteiger partial charge in [-0.2, -0.15) is 0 Å². The summed E-state index contributed by atoms with van der Waals surface area (Å²) in [6, 6.07) is 6.94. The van der Waals surface area contributed by atoms with Crippen molar-refractivity contribution in [1.82, 2.24) is 5.32 Å². The molecule has 1 amide bonds. The predicted molar refractivity (Wildman–Crippen MR) is 52.4 cm³/mol. The van der Waals surface area contributed by atoms with Crippen LogP contribution in [0, 0.1) is 0 Å². The molecule has 0 bridgehead atoms. The third-order valence-electron chi connectivity index (χ3n) is 1.75. The van der Waals surface area contributed by atoms with E-state index in [2.05, 4.69) is 5.32 Å². The summed E-state index contributed by atoms with van der Waals surface area (Å²) in [5.74, 6) is 0.291. The van der Waals surface area contributed by atoms with Crippen molar-refractivity contribution in [1.29, 1.82) is 0 Å². The molecule has 1 aromatic rings. The van der Waals surface area contributed by atoms with Gasteiger partial charge in [-0.1, -0.05) is 12.1 Å². The fraction of sp³-hybridized carbons (Fsp3) is 0.300. The number of carbonyl (C=O) groups is 1. The van der Waals surface area contributed by atoms with Gasteiger partial charge in [-0.3, -0.25) is 4.79 Å². The summed E-state index contributed by atoms with van der Waals surface area (Å²) in [6.07, 6.45) is 0. The largest absolute Gasteiger partial charge is 0.496 e. The summed E-state index contributed by atoms with van der Waals surface area (Å²) >= 11 is 0. The van der Waals surface area contributed by atoms with Crippen molar-refractivity contribution in [2.24, 2.45) is 0 Å². The molecule has 0 aliphatic carbocycles. The van der Waals surface area contributed by atoms with Crippen LogP contribution in [0.1, 0.15) is 10.4 Å². The van der Waals surface area contributed by atoms with Crippen molar-refractivity contribution in [2.75, 3.05) is 20.3 Å². The summed E-state index contributed by atoms with van der Waals surface area (Å²) in [5, 5.41) is 11.1. The van der Waals surface area contributed by atoms with Crippen molar-refractivity contribution in [3.05, 3.63) is 29.8 Å². The van der Waals surface area contributed by atoms with Crippen LogP contribution in [-0.4, -0.2) is 31.3 Å². The highest BCUT2D eigenvalue weighted by molar-refractivity contribution is 5.96. The number of nitrogens with one attached hydrogen (secondary N) is 1. The summed E-state index contributed by atoms with van der Waals surface area (Å²) in [7, 11) is 1.51.